The molecule has 0 radical (unpaired) electrons. The van der Waals surface area contributed by atoms with Crippen molar-refractivity contribution in [1.29, 1.82) is 0 Å². The molecule has 0 bridgehead atoms. The van der Waals surface area contributed by atoms with Crippen LogP contribution in [0.4, 0.5) is 0 Å². The maximum Gasteiger partial charge on any atom is 0.130 e. The average molecular weight is 286 g/mol. The first-order valence-corrected chi connectivity index (χ1v) is 6.80. The van der Waals surface area contributed by atoms with Crippen molar-refractivity contribution in [3.05, 3.63) is 28.8 Å². The van der Waals surface area contributed by atoms with E-state index < -0.39 is 0 Å². The van der Waals surface area contributed by atoms with E-state index in [1.165, 1.54) is 0 Å². The van der Waals surface area contributed by atoms with Crippen molar-refractivity contribution < 1.29 is 9.47 Å². The van der Waals surface area contributed by atoms with Crippen LogP contribution in [0.1, 0.15) is 24.8 Å². The molecular weight excluding hydrogens is 270 g/mol. The van der Waals surface area contributed by atoms with Crippen molar-refractivity contribution in [2.45, 2.75) is 25.4 Å². The summed E-state index contributed by atoms with van der Waals surface area (Å²) in [6.45, 7) is 1.45. The summed E-state index contributed by atoms with van der Waals surface area (Å²) in [6.07, 6.45) is 3.45. The molecular formula is C13H16ClNO2S. The number of rotatable bonds is 5. The van der Waals surface area contributed by atoms with Crippen molar-refractivity contribution >= 4 is 28.8 Å². The third kappa shape index (κ3) is 3.34. The Morgan fingerprint density at radius 3 is 3.06 bits per heavy atom. The molecule has 1 aromatic rings. The Hall–Kier alpha value is -0.840. The maximum atomic E-state index is 6.06. The molecule has 1 aromatic carbocycles. The molecule has 0 spiro atoms. The molecule has 1 saturated heterocycles. The average Bonchev–Trinajstić information content (AvgIpc) is 2.81. The first-order valence-electron chi connectivity index (χ1n) is 6.01. The molecule has 18 heavy (non-hydrogen) atoms. The molecule has 1 unspecified atom stereocenters. The van der Waals surface area contributed by atoms with Gasteiger partial charge in [-0.05, 0) is 25.0 Å². The summed E-state index contributed by atoms with van der Waals surface area (Å²) in [4.78, 5) is 0.257. The van der Waals surface area contributed by atoms with E-state index in [0.29, 0.717) is 29.0 Å². The number of hydrogen-bond acceptors (Lipinski definition) is 3. The fraction of sp³-hybridized carbons (Fsp3) is 0.462. The van der Waals surface area contributed by atoms with Crippen LogP contribution in [-0.4, -0.2) is 24.3 Å². The Morgan fingerprint density at radius 1 is 1.56 bits per heavy atom. The minimum absolute atomic E-state index is 0.257. The molecule has 2 rings (SSSR count). The standard InChI is InChI=1S/C13H16ClNO2S/c14-10-4-1-5-11(12(10)13(15)18)17-8-6-9-3-2-7-16-9/h1,4-5,9H,2-3,6-8H2,(H2,15,18). The number of halogens is 1. The van der Waals surface area contributed by atoms with E-state index in [9.17, 15) is 0 Å². The van der Waals surface area contributed by atoms with Gasteiger partial charge in [0, 0.05) is 13.0 Å². The fourth-order valence-corrected chi connectivity index (χ4v) is 2.57. The highest BCUT2D eigenvalue weighted by molar-refractivity contribution is 7.80. The van der Waals surface area contributed by atoms with Crippen LogP contribution in [-0.2, 0) is 4.74 Å². The normalized spacial score (nSPS) is 18.8. The smallest absolute Gasteiger partial charge is 0.130 e. The molecule has 0 aliphatic carbocycles. The van der Waals surface area contributed by atoms with Crippen LogP contribution < -0.4 is 10.5 Å². The van der Waals surface area contributed by atoms with E-state index in [2.05, 4.69) is 0 Å². The zero-order chi connectivity index (χ0) is 13.0. The molecule has 5 heteroatoms. The lowest BCUT2D eigenvalue weighted by atomic mass is 10.2. The van der Waals surface area contributed by atoms with E-state index >= 15 is 0 Å². The lowest BCUT2D eigenvalue weighted by Crippen LogP contribution is -2.15. The van der Waals surface area contributed by atoms with Crippen molar-refractivity contribution in [1.82, 2.24) is 0 Å². The fourth-order valence-electron chi connectivity index (χ4n) is 2.04. The van der Waals surface area contributed by atoms with Gasteiger partial charge in [-0.1, -0.05) is 29.9 Å². The number of benzene rings is 1. The Labute approximate surface area is 117 Å². The van der Waals surface area contributed by atoms with E-state index in [1.54, 1.807) is 6.07 Å². The van der Waals surface area contributed by atoms with Crippen molar-refractivity contribution in [2.24, 2.45) is 5.73 Å². The first kappa shape index (κ1) is 13.6. The summed E-state index contributed by atoms with van der Waals surface area (Å²) in [5.74, 6) is 0.646. The Morgan fingerprint density at radius 2 is 2.39 bits per heavy atom. The van der Waals surface area contributed by atoms with Gasteiger partial charge in [0.25, 0.3) is 0 Å². The minimum Gasteiger partial charge on any atom is -0.493 e. The molecule has 0 aromatic heterocycles. The molecule has 1 atom stereocenters. The van der Waals surface area contributed by atoms with Gasteiger partial charge in [-0.3, -0.25) is 0 Å². The van der Waals surface area contributed by atoms with E-state index in [4.69, 9.17) is 39.0 Å². The van der Waals surface area contributed by atoms with Gasteiger partial charge in [-0.25, -0.2) is 0 Å². The predicted molar refractivity (Wildman–Crippen MR) is 76.4 cm³/mol. The van der Waals surface area contributed by atoms with E-state index in [1.807, 2.05) is 12.1 Å². The largest absolute Gasteiger partial charge is 0.493 e. The zero-order valence-corrected chi connectivity index (χ0v) is 11.6. The van der Waals surface area contributed by atoms with Crippen LogP contribution in [0.2, 0.25) is 5.02 Å². The molecule has 3 nitrogen and oxygen atoms in total. The van der Waals surface area contributed by atoms with Gasteiger partial charge in [0.15, 0.2) is 0 Å². The molecule has 1 aliphatic heterocycles. The van der Waals surface area contributed by atoms with Crippen LogP contribution in [0.25, 0.3) is 0 Å². The van der Waals surface area contributed by atoms with Crippen molar-refractivity contribution in [2.75, 3.05) is 13.2 Å². The SMILES string of the molecule is NC(=S)c1c(Cl)cccc1OCCC1CCCO1. The lowest BCUT2D eigenvalue weighted by Gasteiger charge is -2.14. The number of thiocarbonyl (C=S) groups is 1. The minimum atomic E-state index is 0.257. The van der Waals surface area contributed by atoms with Crippen molar-refractivity contribution in [3.8, 4) is 5.75 Å². The number of ether oxygens (including phenoxy) is 2. The molecule has 2 N–H and O–H groups in total. The monoisotopic (exact) mass is 285 g/mol. The maximum absolute atomic E-state index is 6.06. The Bertz CT molecular complexity index is 433. The number of hydrogen-bond donors (Lipinski definition) is 1. The quantitative estimate of drug-likeness (QED) is 0.845. The molecule has 0 saturated carbocycles. The Kier molecular flexibility index (Phi) is 4.80. The van der Waals surface area contributed by atoms with Crippen molar-refractivity contribution in [3.63, 3.8) is 0 Å². The highest BCUT2D eigenvalue weighted by Gasteiger charge is 2.16. The predicted octanol–water partition coefficient (Wildman–Crippen LogP) is 2.92. The summed E-state index contributed by atoms with van der Waals surface area (Å²) in [5, 5.41) is 0.525. The van der Waals surface area contributed by atoms with Gasteiger partial charge in [0.2, 0.25) is 0 Å². The molecule has 1 aliphatic rings. The van der Waals surface area contributed by atoms with Gasteiger partial charge in [0.1, 0.15) is 10.7 Å². The van der Waals surface area contributed by atoms with Crippen LogP contribution in [0.15, 0.2) is 18.2 Å². The lowest BCUT2D eigenvalue weighted by molar-refractivity contribution is 0.0903. The third-order valence-electron chi connectivity index (χ3n) is 2.94. The van der Waals surface area contributed by atoms with Gasteiger partial charge in [-0.2, -0.15) is 0 Å². The van der Waals surface area contributed by atoms with E-state index in [0.717, 1.165) is 25.9 Å². The summed E-state index contributed by atoms with van der Waals surface area (Å²) in [5.41, 5.74) is 6.26. The van der Waals surface area contributed by atoms with Crippen LogP contribution in [0, 0.1) is 0 Å². The van der Waals surface area contributed by atoms with Gasteiger partial charge in [-0.15, -0.1) is 0 Å². The summed E-state index contributed by atoms with van der Waals surface area (Å²) >= 11 is 11.0. The molecule has 0 amide bonds. The summed E-state index contributed by atoms with van der Waals surface area (Å²) in [6, 6.07) is 5.41. The topological polar surface area (TPSA) is 44.5 Å². The molecule has 1 fully saturated rings. The van der Waals surface area contributed by atoms with Gasteiger partial charge < -0.3 is 15.2 Å². The second-order valence-corrected chi connectivity index (χ2v) is 5.10. The molecule has 1 heterocycles. The third-order valence-corrected chi connectivity index (χ3v) is 3.46. The second kappa shape index (κ2) is 6.36. The highest BCUT2D eigenvalue weighted by Crippen LogP contribution is 2.26. The Balaban J connectivity index is 1.96. The number of nitrogens with two attached hydrogens (primary N) is 1. The highest BCUT2D eigenvalue weighted by atomic mass is 35.5. The van der Waals surface area contributed by atoms with Crippen LogP contribution in [0.3, 0.4) is 0 Å². The first-order chi connectivity index (χ1) is 8.68. The van der Waals surface area contributed by atoms with Crippen LogP contribution >= 0.6 is 23.8 Å². The summed E-state index contributed by atoms with van der Waals surface area (Å²) in [7, 11) is 0. The second-order valence-electron chi connectivity index (χ2n) is 4.25. The van der Waals surface area contributed by atoms with Gasteiger partial charge >= 0.3 is 0 Å². The summed E-state index contributed by atoms with van der Waals surface area (Å²) < 4.78 is 11.2. The van der Waals surface area contributed by atoms with Gasteiger partial charge in [0.05, 0.1) is 23.3 Å². The zero-order valence-electron chi connectivity index (χ0n) is 10.0. The van der Waals surface area contributed by atoms with E-state index in [-0.39, 0.29) is 4.99 Å². The van der Waals surface area contributed by atoms with Crippen LogP contribution in [0.5, 0.6) is 5.75 Å². The molecule has 98 valence electrons.